The maximum absolute atomic E-state index is 12.8. The number of rotatable bonds is 12. The Morgan fingerprint density at radius 1 is 1.05 bits per heavy atom. The number of aromatic nitrogens is 1. The van der Waals surface area contributed by atoms with E-state index in [0.29, 0.717) is 35.9 Å². The zero-order chi connectivity index (χ0) is 27.6. The van der Waals surface area contributed by atoms with Crippen LogP contribution in [0.15, 0.2) is 101 Å². The van der Waals surface area contributed by atoms with Gasteiger partial charge < -0.3 is 29.7 Å². The molecule has 1 aromatic heterocycles. The first-order valence-electron chi connectivity index (χ1n) is 12.6. The van der Waals surface area contributed by atoms with Crippen LogP contribution in [-0.4, -0.2) is 29.3 Å². The van der Waals surface area contributed by atoms with Gasteiger partial charge >= 0.3 is 5.97 Å². The molecule has 0 spiro atoms. The van der Waals surface area contributed by atoms with Gasteiger partial charge in [-0.2, -0.15) is 0 Å². The normalized spacial score (nSPS) is 12.3. The average molecular weight is 529 g/mol. The average Bonchev–Trinajstić information content (AvgIpc) is 3.34. The van der Waals surface area contributed by atoms with Crippen molar-refractivity contribution in [3.63, 3.8) is 0 Å². The van der Waals surface area contributed by atoms with Crippen LogP contribution >= 0.6 is 0 Å². The number of benzene rings is 3. The van der Waals surface area contributed by atoms with Crippen LogP contribution in [0.4, 0.5) is 5.69 Å². The molecule has 1 heterocycles. The molecule has 0 bridgehead atoms. The molecule has 202 valence electrons. The molecule has 0 radical (unpaired) electrons. The molecule has 0 aliphatic rings. The van der Waals surface area contributed by atoms with Crippen LogP contribution < -0.4 is 21.3 Å². The molecule has 1 unspecified atom stereocenters. The first kappa shape index (κ1) is 27.4. The standard InChI is InChI=1S/C30H32N4O5/c1-3-37-30(36)27(32-23-14-8-5-9-15-23)26(34-31)28(35)22-13-10-16-24(19-22)38-18-17-25-20(2)39-29(33-25)21-11-6-4-7-12-21/h4-16,19,28,32,34-35H,3,17-18,31H2,1-2H3. The van der Waals surface area contributed by atoms with Crippen LogP contribution in [0.25, 0.3) is 11.5 Å². The van der Waals surface area contributed by atoms with Gasteiger partial charge in [0.15, 0.2) is 0 Å². The van der Waals surface area contributed by atoms with Gasteiger partial charge in [0.25, 0.3) is 0 Å². The number of nitrogens with two attached hydrogens (primary N) is 1. The van der Waals surface area contributed by atoms with E-state index in [1.54, 1.807) is 43.3 Å². The summed E-state index contributed by atoms with van der Waals surface area (Å²) in [4.78, 5) is 17.4. The molecule has 0 aliphatic heterocycles. The Kier molecular flexibility index (Phi) is 9.34. The molecule has 0 saturated heterocycles. The van der Waals surface area contributed by atoms with Crippen molar-refractivity contribution in [2.24, 2.45) is 5.84 Å². The molecule has 0 saturated carbocycles. The number of nitrogens with zero attached hydrogens (tertiary/aromatic N) is 1. The summed E-state index contributed by atoms with van der Waals surface area (Å²) in [5.41, 5.74) is 5.36. The van der Waals surface area contributed by atoms with E-state index in [1.165, 1.54) is 0 Å². The van der Waals surface area contributed by atoms with E-state index >= 15 is 0 Å². The highest BCUT2D eigenvalue weighted by Gasteiger charge is 2.24. The predicted octanol–water partition coefficient (Wildman–Crippen LogP) is 4.66. The fourth-order valence-electron chi connectivity index (χ4n) is 3.96. The third-order valence-electron chi connectivity index (χ3n) is 5.92. The number of oxazole rings is 1. The Balaban J connectivity index is 1.49. The van der Waals surface area contributed by atoms with Crippen LogP contribution in [-0.2, 0) is 16.0 Å². The number of aliphatic hydroxyl groups excluding tert-OH is 1. The molecular weight excluding hydrogens is 496 g/mol. The second-order valence-corrected chi connectivity index (χ2v) is 8.61. The number of aliphatic hydroxyl groups is 1. The van der Waals surface area contributed by atoms with Crippen molar-refractivity contribution in [2.45, 2.75) is 26.4 Å². The monoisotopic (exact) mass is 528 g/mol. The van der Waals surface area contributed by atoms with Crippen molar-refractivity contribution in [2.75, 3.05) is 18.5 Å². The molecule has 0 aliphatic carbocycles. The van der Waals surface area contributed by atoms with E-state index in [-0.39, 0.29) is 18.0 Å². The molecule has 0 amide bonds. The Morgan fingerprint density at radius 3 is 2.46 bits per heavy atom. The van der Waals surface area contributed by atoms with Crippen molar-refractivity contribution in [1.82, 2.24) is 10.4 Å². The van der Waals surface area contributed by atoms with E-state index in [2.05, 4.69) is 15.7 Å². The van der Waals surface area contributed by atoms with Gasteiger partial charge in [-0.15, -0.1) is 0 Å². The summed E-state index contributed by atoms with van der Waals surface area (Å²) in [5, 5.41) is 14.2. The van der Waals surface area contributed by atoms with Gasteiger partial charge in [0.1, 0.15) is 23.3 Å². The van der Waals surface area contributed by atoms with Gasteiger partial charge in [-0.3, -0.25) is 5.84 Å². The second kappa shape index (κ2) is 13.3. The third kappa shape index (κ3) is 7.04. The van der Waals surface area contributed by atoms with Crippen LogP contribution in [0.2, 0.25) is 0 Å². The van der Waals surface area contributed by atoms with Crippen LogP contribution in [0.5, 0.6) is 5.75 Å². The minimum absolute atomic E-state index is 0.0000917. The second-order valence-electron chi connectivity index (χ2n) is 8.61. The summed E-state index contributed by atoms with van der Waals surface area (Å²) in [6, 6.07) is 25.7. The molecule has 9 heteroatoms. The van der Waals surface area contributed by atoms with Crippen molar-refractivity contribution < 1.29 is 23.8 Å². The Hall–Kier alpha value is -4.60. The van der Waals surface area contributed by atoms with Gasteiger partial charge in [0.2, 0.25) is 5.89 Å². The number of hydrogen-bond acceptors (Lipinski definition) is 9. The Morgan fingerprint density at radius 2 is 1.77 bits per heavy atom. The zero-order valence-electron chi connectivity index (χ0n) is 21.9. The SMILES string of the molecule is CCOC(=O)C(Nc1ccccc1)=C(NN)C(O)c1cccc(OCCc2nc(-c3ccccc3)oc2C)c1. The molecular formula is C30H32N4O5. The first-order valence-corrected chi connectivity index (χ1v) is 12.6. The highest BCUT2D eigenvalue weighted by molar-refractivity contribution is 5.93. The number of nitrogens with one attached hydrogen (secondary N) is 2. The molecule has 5 N–H and O–H groups in total. The summed E-state index contributed by atoms with van der Waals surface area (Å²) in [6.07, 6.45) is -0.723. The lowest BCUT2D eigenvalue weighted by atomic mass is 10.0. The lowest BCUT2D eigenvalue weighted by Gasteiger charge is -2.21. The maximum atomic E-state index is 12.8. The van der Waals surface area contributed by atoms with Crippen molar-refractivity contribution in [1.29, 1.82) is 0 Å². The largest absolute Gasteiger partial charge is 0.493 e. The number of carbonyl (C=O) groups excluding carboxylic acids is 1. The minimum Gasteiger partial charge on any atom is -0.493 e. The van der Waals surface area contributed by atoms with Gasteiger partial charge in [-0.25, -0.2) is 9.78 Å². The lowest BCUT2D eigenvalue weighted by Crippen LogP contribution is -2.32. The molecule has 9 nitrogen and oxygen atoms in total. The van der Waals surface area contributed by atoms with Gasteiger partial charge in [0.05, 0.1) is 24.6 Å². The molecule has 0 fully saturated rings. The zero-order valence-corrected chi connectivity index (χ0v) is 21.9. The van der Waals surface area contributed by atoms with Crippen molar-refractivity contribution in [3.05, 3.63) is 113 Å². The Labute approximate surface area is 227 Å². The van der Waals surface area contributed by atoms with Crippen LogP contribution in [0.3, 0.4) is 0 Å². The Bertz CT molecular complexity index is 1400. The van der Waals surface area contributed by atoms with Gasteiger partial charge in [0, 0.05) is 17.7 Å². The van der Waals surface area contributed by atoms with Gasteiger partial charge in [-0.1, -0.05) is 48.5 Å². The number of hydrogen-bond donors (Lipinski definition) is 4. The highest BCUT2D eigenvalue weighted by atomic mass is 16.5. The van der Waals surface area contributed by atoms with E-state index in [1.807, 2.05) is 55.5 Å². The number of ether oxygens (including phenoxy) is 2. The smallest absolute Gasteiger partial charge is 0.356 e. The fourth-order valence-corrected chi connectivity index (χ4v) is 3.96. The molecule has 4 rings (SSSR count). The molecule has 4 aromatic rings. The maximum Gasteiger partial charge on any atom is 0.356 e. The third-order valence-corrected chi connectivity index (χ3v) is 5.92. The summed E-state index contributed by atoms with van der Waals surface area (Å²) in [7, 11) is 0. The lowest BCUT2D eigenvalue weighted by molar-refractivity contribution is -0.138. The number of carbonyl (C=O) groups is 1. The van der Waals surface area contributed by atoms with E-state index in [0.717, 1.165) is 17.0 Å². The first-order chi connectivity index (χ1) is 19.0. The highest BCUT2D eigenvalue weighted by Crippen LogP contribution is 2.27. The van der Waals surface area contributed by atoms with Gasteiger partial charge in [-0.05, 0) is 55.8 Å². The summed E-state index contributed by atoms with van der Waals surface area (Å²) < 4.78 is 17.0. The van der Waals surface area contributed by atoms with Crippen molar-refractivity contribution >= 4 is 11.7 Å². The summed E-state index contributed by atoms with van der Waals surface area (Å²) in [5.74, 6) is 6.98. The van der Waals surface area contributed by atoms with Crippen molar-refractivity contribution in [3.8, 4) is 17.2 Å². The van der Waals surface area contributed by atoms with Crippen LogP contribution in [0.1, 0.15) is 30.0 Å². The topological polar surface area (TPSA) is 132 Å². The predicted molar refractivity (Wildman–Crippen MR) is 148 cm³/mol. The van der Waals surface area contributed by atoms with E-state index in [9.17, 15) is 9.90 Å². The van der Waals surface area contributed by atoms with Crippen LogP contribution in [0, 0.1) is 6.92 Å². The number of anilines is 1. The number of para-hydroxylation sites is 1. The van der Waals surface area contributed by atoms with E-state index in [4.69, 9.17) is 19.7 Å². The minimum atomic E-state index is -1.26. The number of hydrazine groups is 1. The van der Waals surface area contributed by atoms with E-state index < -0.39 is 12.1 Å². The molecule has 1 atom stereocenters. The summed E-state index contributed by atoms with van der Waals surface area (Å²) in [6.45, 7) is 4.09. The quantitative estimate of drug-likeness (QED) is 0.0897. The number of aryl methyl sites for hydroxylation is 1. The summed E-state index contributed by atoms with van der Waals surface area (Å²) >= 11 is 0. The number of esters is 1. The fraction of sp³-hybridized carbons (Fsp3) is 0.200. The molecule has 39 heavy (non-hydrogen) atoms. The molecule has 3 aromatic carbocycles.